The van der Waals surface area contributed by atoms with Crippen LogP contribution in [0.1, 0.15) is 28.8 Å². The topological polar surface area (TPSA) is 94.9 Å². The number of nitrogens with zero attached hydrogens (tertiary/aromatic N) is 3. The van der Waals surface area contributed by atoms with Gasteiger partial charge in [-0.25, -0.2) is 0 Å². The average Bonchev–Trinajstić information content (AvgIpc) is 3.48. The standard InChI is InChI=1S/C29H30N4O4/c30-20-21-17-22(19-23(18-21)33-9-3-4-10-33)31-29(35)28(34)26-7-8-27(25-6-2-1-5-24(25)26)37-16-13-32-11-14-36-15-12-32/h1-2,5-8,17-19H,3-4,9-16H2,(H,31,35). The molecule has 2 fully saturated rings. The van der Waals surface area contributed by atoms with Crippen LogP contribution in [0, 0.1) is 11.3 Å². The van der Waals surface area contributed by atoms with E-state index in [9.17, 15) is 14.9 Å². The number of ketones is 1. The molecule has 8 nitrogen and oxygen atoms in total. The Labute approximate surface area is 216 Å². The van der Waals surface area contributed by atoms with Crippen molar-refractivity contribution in [3.8, 4) is 11.8 Å². The van der Waals surface area contributed by atoms with Crippen molar-refractivity contribution in [2.24, 2.45) is 0 Å². The van der Waals surface area contributed by atoms with Crippen LogP contribution in [0.15, 0.2) is 54.6 Å². The van der Waals surface area contributed by atoms with Crippen molar-refractivity contribution in [3.63, 3.8) is 0 Å². The summed E-state index contributed by atoms with van der Waals surface area (Å²) in [5.41, 5.74) is 2.07. The van der Waals surface area contributed by atoms with Gasteiger partial charge >= 0.3 is 0 Å². The SMILES string of the molecule is N#Cc1cc(NC(=O)C(=O)c2ccc(OCCN3CCOCC3)c3ccccc23)cc(N2CCCC2)c1. The maximum Gasteiger partial charge on any atom is 0.296 e. The van der Waals surface area contributed by atoms with Crippen molar-refractivity contribution in [1.82, 2.24) is 4.90 Å². The van der Waals surface area contributed by atoms with Gasteiger partial charge in [-0.2, -0.15) is 5.26 Å². The molecule has 0 aromatic heterocycles. The summed E-state index contributed by atoms with van der Waals surface area (Å²) in [7, 11) is 0. The maximum atomic E-state index is 13.2. The smallest absolute Gasteiger partial charge is 0.296 e. The van der Waals surface area contributed by atoms with E-state index in [1.54, 1.807) is 18.2 Å². The van der Waals surface area contributed by atoms with Crippen LogP contribution in [0.25, 0.3) is 10.8 Å². The molecule has 8 heteroatoms. The highest BCUT2D eigenvalue weighted by Gasteiger charge is 2.22. The number of hydrogen-bond donors (Lipinski definition) is 1. The molecule has 0 bridgehead atoms. The normalized spacial score (nSPS) is 15.9. The molecular weight excluding hydrogens is 468 g/mol. The van der Waals surface area contributed by atoms with Crippen molar-refractivity contribution < 1.29 is 19.1 Å². The Morgan fingerprint density at radius 2 is 1.73 bits per heavy atom. The van der Waals surface area contributed by atoms with Crippen LogP contribution in [0.4, 0.5) is 11.4 Å². The summed E-state index contributed by atoms with van der Waals surface area (Å²) in [6, 6.07) is 18.2. The summed E-state index contributed by atoms with van der Waals surface area (Å²) in [5.74, 6) is -0.701. The second kappa shape index (κ2) is 11.4. The molecule has 190 valence electrons. The van der Waals surface area contributed by atoms with Gasteiger partial charge in [0.15, 0.2) is 0 Å². The largest absolute Gasteiger partial charge is 0.492 e. The number of rotatable bonds is 8. The van der Waals surface area contributed by atoms with Gasteiger partial charge in [-0.15, -0.1) is 0 Å². The van der Waals surface area contributed by atoms with E-state index in [1.165, 1.54) is 0 Å². The van der Waals surface area contributed by atoms with Crippen molar-refractivity contribution >= 4 is 33.8 Å². The number of amides is 1. The summed E-state index contributed by atoms with van der Waals surface area (Å²) in [4.78, 5) is 30.7. The van der Waals surface area contributed by atoms with Crippen molar-refractivity contribution in [3.05, 3.63) is 65.7 Å². The zero-order chi connectivity index (χ0) is 25.6. The van der Waals surface area contributed by atoms with Crippen LogP contribution in [-0.2, 0) is 9.53 Å². The molecule has 0 atom stereocenters. The lowest BCUT2D eigenvalue weighted by atomic mass is 10.00. The van der Waals surface area contributed by atoms with Crippen LogP contribution in [0.5, 0.6) is 5.75 Å². The van der Waals surface area contributed by atoms with E-state index in [1.807, 2.05) is 36.4 Å². The van der Waals surface area contributed by atoms with E-state index < -0.39 is 11.7 Å². The Morgan fingerprint density at radius 3 is 2.49 bits per heavy atom. The Morgan fingerprint density at radius 1 is 0.973 bits per heavy atom. The number of carbonyl (C=O) groups excluding carboxylic acids is 2. The fourth-order valence-corrected chi connectivity index (χ4v) is 4.92. The summed E-state index contributed by atoms with van der Waals surface area (Å²) in [6.45, 7) is 6.40. The zero-order valence-electron chi connectivity index (χ0n) is 20.7. The van der Waals surface area contributed by atoms with Gasteiger partial charge in [-0.1, -0.05) is 24.3 Å². The van der Waals surface area contributed by atoms with Gasteiger partial charge in [-0.05, 0) is 48.6 Å². The van der Waals surface area contributed by atoms with Crippen LogP contribution in [0.2, 0.25) is 0 Å². The van der Waals surface area contributed by atoms with E-state index >= 15 is 0 Å². The second-order valence-corrected chi connectivity index (χ2v) is 9.32. The van der Waals surface area contributed by atoms with Gasteiger partial charge in [0.25, 0.3) is 11.7 Å². The molecule has 2 saturated heterocycles. The molecule has 2 aliphatic heterocycles. The average molecular weight is 499 g/mol. The van der Waals surface area contributed by atoms with Crippen LogP contribution in [0.3, 0.4) is 0 Å². The number of ether oxygens (including phenoxy) is 2. The predicted octanol–water partition coefficient (Wildman–Crippen LogP) is 3.84. The summed E-state index contributed by atoms with van der Waals surface area (Å²) < 4.78 is 11.5. The third kappa shape index (κ3) is 5.74. The number of nitrogens with one attached hydrogen (secondary N) is 1. The fraction of sp³-hybridized carbons (Fsp3) is 0.345. The third-order valence-electron chi connectivity index (χ3n) is 6.88. The molecule has 2 heterocycles. The van der Waals surface area contributed by atoms with E-state index in [0.29, 0.717) is 34.6 Å². The van der Waals surface area contributed by atoms with E-state index in [4.69, 9.17) is 9.47 Å². The number of benzene rings is 3. The lowest BCUT2D eigenvalue weighted by Crippen LogP contribution is -2.38. The quantitative estimate of drug-likeness (QED) is 0.372. The Balaban J connectivity index is 1.32. The Hall–Kier alpha value is -3.93. The van der Waals surface area contributed by atoms with Gasteiger partial charge in [-0.3, -0.25) is 14.5 Å². The fourth-order valence-electron chi connectivity index (χ4n) is 4.92. The van der Waals surface area contributed by atoms with Crippen LogP contribution < -0.4 is 15.0 Å². The maximum absolute atomic E-state index is 13.2. The van der Waals surface area contributed by atoms with E-state index in [2.05, 4.69) is 21.2 Å². The molecule has 3 aromatic carbocycles. The lowest BCUT2D eigenvalue weighted by molar-refractivity contribution is -0.112. The van der Waals surface area contributed by atoms with E-state index in [0.717, 1.165) is 69.9 Å². The number of carbonyl (C=O) groups is 2. The molecule has 3 aromatic rings. The van der Waals surface area contributed by atoms with Gasteiger partial charge in [0.05, 0.1) is 24.8 Å². The number of fused-ring (bicyclic) bond motifs is 1. The number of anilines is 2. The molecule has 0 spiro atoms. The molecule has 5 rings (SSSR count). The van der Waals surface area contributed by atoms with Gasteiger partial charge in [0.2, 0.25) is 0 Å². The minimum absolute atomic E-state index is 0.310. The number of hydrogen-bond acceptors (Lipinski definition) is 7. The third-order valence-corrected chi connectivity index (χ3v) is 6.88. The van der Waals surface area contributed by atoms with Crippen LogP contribution in [-0.4, -0.2) is 69.1 Å². The van der Waals surface area contributed by atoms with Crippen molar-refractivity contribution in [1.29, 1.82) is 5.26 Å². The molecule has 0 radical (unpaired) electrons. The highest BCUT2D eigenvalue weighted by molar-refractivity contribution is 6.48. The van der Waals surface area contributed by atoms with Crippen molar-refractivity contribution in [2.45, 2.75) is 12.8 Å². The molecule has 37 heavy (non-hydrogen) atoms. The molecule has 0 unspecified atom stereocenters. The first-order valence-electron chi connectivity index (χ1n) is 12.7. The summed E-state index contributed by atoms with van der Waals surface area (Å²) in [6.07, 6.45) is 2.19. The number of nitriles is 1. The summed E-state index contributed by atoms with van der Waals surface area (Å²) in [5, 5.41) is 13.6. The highest BCUT2D eigenvalue weighted by Crippen LogP contribution is 2.30. The Bertz CT molecular complexity index is 1340. The molecule has 0 aliphatic carbocycles. The minimum Gasteiger partial charge on any atom is -0.492 e. The molecule has 0 saturated carbocycles. The van der Waals surface area contributed by atoms with Gasteiger partial charge < -0.3 is 19.7 Å². The first-order valence-corrected chi connectivity index (χ1v) is 12.7. The number of Topliss-reactive ketones (excluding diaryl/α,β-unsaturated/α-hetero) is 1. The van der Waals surface area contributed by atoms with E-state index in [-0.39, 0.29) is 0 Å². The predicted molar refractivity (Wildman–Crippen MR) is 142 cm³/mol. The first kappa shape index (κ1) is 24.8. The number of morpholine rings is 1. The molecular formula is C29H30N4O4. The zero-order valence-corrected chi connectivity index (χ0v) is 20.7. The lowest BCUT2D eigenvalue weighted by Gasteiger charge is -2.26. The summed E-state index contributed by atoms with van der Waals surface area (Å²) >= 11 is 0. The second-order valence-electron chi connectivity index (χ2n) is 9.32. The highest BCUT2D eigenvalue weighted by atomic mass is 16.5. The first-order chi connectivity index (χ1) is 18.1. The minimum atomic E-state index is -0.742. The monoisotopic (exact) mass is 498 g/mol. The Kier molecular flexibility index (Phi) is 7.64. The molecule has 1 N–H and O–H groups in total. The van der Waals surface area contributed by atoms with Gasteiger partial charge in [0, 0.05) is 55.0 Å². The molecule has 2 aliphatic rings. The van der Waals surface area contributed by atoms with Crippen LogP contribution >= 0.6 is 0 Å². The van der Waals surface area contributed by atoms with Crippen molar-refractivity contribution in [2.75, 3.05) is 62.8 Å². The van der Waals surface area contributed by atoms with Gasteiger partial charge in [0.1, 0.15) is 12.4 Å². The molecule has 1 amide bonds.